The summed E-state index contributed by atoms with van der Waals surface area (Å²) < 4.78 is 26.9. The average molecular weight is 395 g/mol. The van der Waals surface area contributed by atoms with Crippen LogP contribution in [0.25, 0.3) is 0 Å². The van der Waals surface area contributed by atoms with Crippen molar-refractivity contribution in [3.05, 3.63) is 59.1 Å². The molecule has 0 heterocycles. The number of rotatable bonds is 8. The van der Waals surface area contributed by atoms with Crippen molar-refractivity contribution >= 4 is 33.2 Å². The molecule has 0 unspecified atom stereocenters. The molecule has 7 heteroatoms. The van der Waals surface area contributed by atoms with Crippen LogP contribution in [-0.4, -0.2) is 20.9 Å². The molecule has 1 amide bonds. The standard InChI is InChI=1S/C19H23ClN2O3S/c1-14(2)13-21-26(24,25)18-9-6-15(7-10-18)8-11-19(23)22-17-5-3-4-16(20)12-17/h3-7,9-10,12,14,21H,8,11,13H2,1-2H3,(H,22,23). The number of halogens is 1. The first-order valence-electron chi connectivity index (χ1n) is 8.40. The molecule has 26 heavy (non-hydrogen) atoms. The van der Waals surface area contributed by atoms with Crippen LogP contribution in [0.5, 0.6) is 0 Å². The van der Waals surface area contributed by atoms with Gasteiger partial charge < -0.3 is 5.32 Å². The van der Waals surface area contributed by atoms with Crippen LogP contribution in [0.3, 0.4) is 0 Å². The Balaban J connectivity index is 1.90. The second-order valence-electron chi connectivity index (χ2n) is 6.45. The fourth-order valence-corrected chi connectivity index (χ4v) is 3.65. The summed E-state index contributed by atoms with van der Waals surface area (Å²) >= 11 is 5.89. The Morgan fingerprint density at radius 3 is 2.42 bits per heavy atom. The molecule has 0 radical (unpaired) electrons. The SMILES string of the molecule is CC(C)CNS(=O)(=O)c1ccc(CCC(=O)Nc2cccc(Cl)c2)cc1. The van der Waals surface area contributed by atoms with Crippen LogP contribution in [0.1, 0.15) is 25.8 Å². The van der Waals surface area contributed by atoms with E-state index < -0.39 is 10.0 Å². The third-order valence-electron chi connectivity index (χ3n) is 3.66. The summed E-state index contributed by atoms with van der Waals surface area (Å²) in [5.41, 5.74) is 1.55. The number of amides is 1. The Bertz CT molecular complexity index is 849. The number of hydrogen-bond acceptors (Lipinski definition) is 3. The lowest BCUT2D eigenvalue weighted by Crippen LogP contribution is -2.27. The predicted octanol–water partition coefficient (Wildman–Crippen LogP) is 3.85. The van der Waals surface area contributed by atoms with Crippen LogP contribution in [0.2, 0.25) is 5.02 Å². The van der Waals surface area contributed by atoms with E-state index in [-0.39, 0.29) is 16.7 Å². The topological polar surface area (TPSA) is 75.3 Å². The molecule has 2 aromatic carbocycles. The van der Waals surface area contributed by atoms with Gasteiger partial charge in [0.2, 0.25) is 15.9 Å². The first-order chi connectivity index (χ1) is 12.3. The van der Waals surface area contributed by atoms with Crippen molar-refractivity contribution in [1.82, 2.24) is 4.72 Å². The molecule has 0 saturated heterocycles. The largest absolute Gasteiger partial charge is 0.326 e. The predicted molar refractivity (Wildman–Crippen MR) is 105 cm³/mol. The second kappa shape index (κ2) is 9.16. The molecule has 0 aliphatic heterocycles. The zero-order valence-electron chi connectivity index (χ0n) is 14.8. The third kappa shape index (κ3) is 6.44. The van der Waals surface area contributed by atoms with Gasteiger partial charge in [-0.2, -0.15) is 0 Å². The van der Waals surface area contributed by atoms with Gasteiger partial charge in [-0.3, -0.25) is 4.79 Å². The average Bonchev–Trinajstić information content (AvgIpc) is 2.59. The normalized spacial score (nSPS) is 11.5. The number of nitrogens with one attached hydrogen (secondary N) is 2. The molecule has 2 N–H and O–H groups in total. The molecular weight excluding hydrogens is 372 g/mol. The van der Waals surface area contributed by atoms with Crippen LogP contribution < -0.4 is 10.0 Å². The number of anilines is 1. The van der Waals surface area contributed by atoms with Crippen molar-refractivity contribution in [3.63, 3.8) is 0 Å². The number of benzene rings is 2. The van der Waals surface area contributed by atoms with Crippen molar-refractivity contribution in [2.75, 3.05) is 11.9 Å². The van der Waals surface area contributed by atoms with Gasteiger partial charge >= 0.3 is 0 Å². The molecule has 0 atom stereocenters. The summed E-state index contributed by atoms with van der Waals surface area (Å²) in [6, 6.07) is 13.6. The summed E-state index contributed by atoms with van der Waals surface area (Å²) in [6.45, 7) is 4.29. The van der Waals surface area contributed by atoms with Gasteiger partial charge in [-0.25, -0.2) is 13.1 Å². The highest BCUT2D eigenvalue weighted by atomic mass is 35.5. The van der Waals surface area contributed by atoms with Crippen molar-refractivity contribution in [1.29, 1.82) is 0 Å². The molecule has 0 fully saturated rings. The summed E-state index contributed by atoms with van der Waals surface area (Å²) in [7, 11) is -3.49. The van der Waals surface area contributed by atoms with Crippen LogP contribution in [0.15, 0.2) is 53.4 Å². The summed E-state index contributed by atoms with van der Waals surface area (Å²) in [4.78, 5) is 12.2. The van der Waals surface area contributed by atoms with Crippen LogP contribution in [-0.2, 0) is 21.2 Å². The maximum atomic E-state index is 12.2. The van der Waals surface area contributed by atoms with Gasteiger partial charge in [0.15, 0.2) is 0 Å². The molecule has 2 aromatic rings. The van der Waals surface area contributed by atoms with E-state index in [9.17, 15) is 13.2 Å². The highest BCUT2D eigenvalue weighted by molar-refractivity contribution is 7.89. The zero-order valence-corrected chi connectivity index (χ0v) is 16.4. The van der Waals surface area contributed by atoms with E-state index in [2.05, 4.69) is 10.0 Å². The van der Waals surface area contributed by atoms with E-state index in [0.717, 1.165) is 5.56 Å². The quantitative estimate of drug-likeness (QED) is 0.714. The van der Waals surface area contributed by atoms with Crippen LogP contribution in [0, 0.1) is 5.92 Å². The second-order valence-corrected chi connectivity index (χ2v) is 8.65. The van der Waals surface area contributed by atoms with Crippen LogP contribution >= 0.6 is 11.6 Å². The number of sulfonamides is 1. The van der Waals surface area contributed by atoms with Gasteiger partial charge in [0.05, 0.1) is 4.90 Å². The van der Waals surface area contributed by atoms with Crippen molar-refractivity contribution < 1.29 is 13.2 Å². The van der Waals surface area contributed by atoms with Gasteiger partial charge in [0.25, 0.3) is 0 Å². The molecular formula is C19H23ClN2O3S. The van der Waals surface area contributed by atoms with Crippen molar-refractivity contribution in [2.24, 2.45) is 5.92 Å². The van der Waals surface area contributed by atoms with Gasteiger partial charge in [-0.05, 0) is 48.2 Å². The molecule has 0 aliphatic carbocycles. The van der Waals surface area contributed by atoms with E-state index in [1.807, 2.05) is 13.8 Å². The Kier molecular flexibility index (Phi) is 7.20. The van der Waals surface area contributed by atoms with E-state index in [1.54, 1.807) is 48.5 Å². The number of carbonyl (C=O) groups is 1. The monoisotopic (exact) mass is 394 g/mol. The van der Waals surface area contributed by atoms with E-state index >= 15 is 0 Å². The Hall–Kier alpha value is -1.89. The summed E-state index contributed by atoms with van der Waals surface area (Å²) in [5.74, 6) is 0.115. The molecule has 5 nitrogen and oxygen atoms in total. The minimum Gasteiger partial charge on any atom is -0.326 e. The molecule has 2 rings (SSSR count). The summed E-state index contributed by atoms with van der Waals surface area (Å²) in [6.07, 6.45) is 0.816. The smallest absolute Gasteiger partial charge is 0.240 e. The number of hydrogen-bond donors (Lipinski definition) is 2. The highest BCUT2D eigenvalue weighted by Gasteiger charge is 2.14. The van der Waals surface area contributed by atoms with Crippen molar-refractivity contribution in [3.8, 4) is 0 Å². The van der Waals surface area contributed by atoms with Gasteiger partial charge in [-0.15, -0.1) is 0 Å². The molecule has 0 aromatic heterocycles. The van der Waals surface area contributed by atoms with Crippen LogP contribution in [0.4, 0.5) is 5.69 Å². The summed E-state index contributed by atoms with van der Waals surface area (Å²) in [5, 5.41) is 3.35. The number of carbonyl (C=O) groups excluding carboxylic acids is 1. The molecule has 0 saturated carbocycles. The fourth-order valence-electron chi connectivity index (χ4n) is 2.24. The van der Waals surface area contributed by atoms with Gasteiger partial charge in [-0.1, -0.05) is 43.6 Å². The Morgan fingerprint density at radius 2 is 1.81 bits per heavy atom. The maximum Gasteiger partial charge on any atom is 0.240 e. The Labute approximate surface area is 159 Å². The molecule has 0 spiro atoms. The van der Waals surface area contributed by atoms with Crippen molar-refractivity contribution in [2.45, 2.75) is 31.6 Å². The lowest BCUT2D eigenvalue weighted by Gasteiger charge is -2.09. The van der Waals surface area contributed by atoms with E-state index in [0.29, 0.717) is 30.1 Å². The van der Waals surface area contributed by atoms with Gasteiger partial charge in [0.1, 0.15) is 0 Å². The lowest BCUT2D eigenvalue weighted by molar-refractivity contribution is -0.116. The minimum absolute atomic E-state index is 0.123. The highest BCUT2D eigenvalue weighted by Crippen LogP contribution is 2.16. The first kappa shape index (κ1) is 20.4. The van der Waals surface area contributed by atoms with E-state index in [1.165, 1.54) is 0 Å². The third-order valence-corrected chi connectivity index (χ3v) is 5.34. The number of aryl methyl sites for hydroxylation is 1. The zero-order chi connectivity index (χ0) is 19.2. The van der Waals surface area contributed by atoms with Gasteiger partial charge in [0, 0.05) is 23.7 Å². The first-order valence-corrected chi connectivity index (χ1v) is 10.3. The minimum atomic E-state index is -3.49. The molecule has 0 aliphatic rings. The Morgan fingerprint density at radius 1 is 1.12 bits per heavy atom. The lowest BCUT2D eigenvalue weighted by atomic mass is 10.1. The molecule has 140 valence electrons. The maximum absolute atomic E-state index is 12.2. The van der Waals surface area contributed by atoms with E-state index in [4.69, 9.17) is 11.6 Å². The fraction of sp³-hybridized carbons (Fsp3) is 0.316. The molecule has 0 bridgehead atoms.